The van der Waals surface area contributed by atoms with Crippen LogP contribution in [0.5, 0.6) is 5.75 Å². The van der Waals surface area contributed by atoms with Crippen molar-refractivity contribution >= 4 is 28.6 Å². The second-order valence-corrected chi connectivity index (χ2v) is 6.89. The molecule has 0 bridgehead atoms. The monoisotopic (exact) mass is 379 g/mol. The Morgan fingerprint density at radius 2 is 1.75 bits per heavy atom. The molecule has 0 radical (unpaired) electrons. The van der Waals surface area contributed by atoms with E-state index >= 15 is 0 Å². The van der Waals surface area contributed by atoms with Gasteiger partial charge in [0.1, 0.15) is 17.1 Å². The molecule has 7 heteroatoms. The largest absolute Gasteiger partial charge is 0.423 e. The first-order valence-corrected chi connectivity index (χ1v) is 8.98. The minimum atomic E-state index is -0.725. The van der Waals surface area contributed by atoms with Crippen molar-refractivity contribution in [3.05, 3.63) is 59.2 Å². The lowest BCUT2D eigenvalue weighted by molar-refractivity contribution is -0.117. The number of aromatic nitrogens is 2. The average Bonchev–Trinajstić information content (AvgIpc) is 3.49. The van der Waals surface area contributed by atoms with Gasteiger partial charge in [0, 0.05) is 17.7 Å². The zero-order valence-corrected chi connectivity index (χ0v) is 15.5. The molecule has 28 heavy (non-hydrogen) atoms. The molecule has 0 unspecified atom stereocenters. The van der Waals surface area contributed by atoms with Gasteiger partial charge in [-0.2, -0.15) is 0 Å². The first-order valence-electron chi connectivity index (χ1n) is 8.98. The first-order chi connectivity index (χ1) is 13.4. The SMILES string of the molecule is Cc1nc2cc(F)cc(C(=O)Oc3ccc(NC(=O)C4CC4)cc3)c2nc1C. The summed E-state index contributed by atoms with van der Waals surface area (Å²) in [5, 5.41) is 2.81. The molecular weight excluding hydrogens is 361 g/mol. The van der Waals surface area contributed by atoms with Crippen molar-refractivity contribution in [3.8, 4) is 5.75 Å². The summed E-state index contributed by atoms with van der Waals surface area (Å²) in [5.41, 5.74) is 2.56. The van der Waals surface area contributed by atoms with Crippen molar-refractivity contribution in [2.24, 2.45) is 5.92 Å². The van der Waals surface area contributed by atoms with Gasteiger partial charge in [0.05, 0.1) is 22.5 Å². The zero-order chi connectivity index (χ0) is 19.8. The van der Waals surface area contributed by atoms with Crippen molar-refractivity contribution in [3.63, 3.8) is 0 Å². The van der Waals surface area contributed by atoms with Crippen molar-refractivity contribution in [2.45, 2.75) is 26.7 Å². The van der Waals surface area contributed by atoms with Crippen molar-refractivity contribution in [1.82, 2.24) is 9.97 Å². The summed E-state index contributed by atoms with van der Waals surface area (Å²) in [6, 6.07) is 8.78. The molecule has 4 rings (SSSR count). The normalized spacial score (nSPS) is 13.4. The van der Waals surface area contributed by atoms with E-state index < -0.39 is 11.8 Å². The molecule has 1 heterocycles. The number of carbonyl (C=O) groups excluding carboxylic acids is 2. The number of benzene rings is 2. The van der Waals surface area contributed by atoms with Crippen LogP contribution >= 0.6 is 0 Å². The molecule has 1 N–H and O–H groups in total. The smallest absolute Gasteiger partial charge is 0.345 e. The summed E-state index contributed by atoms with van der Waals surface area (Å²) < 4.78 is 19.3. The number of nitrogens with zero attached hydrogens (tertiary/aromatic N) is 2. The molecule has 0 saturated heterocycles. The first kappa shape index (κ1) is 18.0. The predicted molar refractivity (Wildman–Crippen MR) is 102 cm³/mol. The van der Waals surface area contributed by atoms with Gasteiger partial charge in [-0.3, -0.25) is 4.79 Å². The lowest BCUT2D eigenvalue weighted by atomic mass is 10.1. The number of carbonyl (C=O) groups is 2. The molecular formula is C21H18FN3O3. The Hall–Kier alpha value is -3.35. The second-order valence-electron chi connectivity index (χ2n) is 6.89. The van der Waals surface area contributed by atoms with E-state index in [-0.39, 0.29) is 23.1 Å². The third-order valence-corrected chi connectivity index (χ3v) is 4.65. The number of hydrogen-bond donors (Lipinski definition) is 1. The van der Waals surface area contributed by atoms with Gasteiger partial charge in [-0.05, 0) is 57.0 Å². The summed E-state index contributed by atoms with van der Waals surface area (Å²) in [6.07, 6.45) is 1.84. The Morgan fingerprint density at radius 1 is 1.07 bits per heavy atom. The molecule has 6 nitrogen and oxygen atoms in total. The Balaban J connectivity index is 1.56. The third kappa shape index (κ3) is 3.69. The quantitative estimate of drug-likeness (QED) is 0.548. The maximum Gasteiger partial charge on any atom is 0.345 e. The van der Waals surface area contributed by atoms with Crippen molar-refractivity contribution in [2.75, 3.05) is 5.32 Å². The number of anilines is 1. The van der Waals surface area contributed by atoms with Gasteiger partial charge in [0.2, 0.25) is 5.91 Å². The van der Waals surface area contributed by atoms with Gasteiger partial charge in [0.25, 0.3) is 0 Å². The van der Waals surface area contributed by atoms with Crippen LogP contribution in [-0.2, 0) is 4.79 Å². The maximum atomic E-state index is 14.0. The topological polar surface area (TPSA) is 81.2 Å². The lowest BCUT2D eigenvalue weighted by Gasteiger charge is -2.09. The number of hydrogen-bond acceptors (Lipinski definition) is 5. The van der Waals surface area contributed by atoms with E-state index in [1.165, 1.54) is 6.07 Å². The molecule has 1 amide bonds. The number of aryl methyl sites for hydroxylation is 2. The molecule has 142 valence electrons. The molecule has 0 atom stereocenters. The Morgan fingerprint density at radius 3 is 2.43 bits per heavy atom. The molecule has 1 saturated carbocycles. The van der Waals surface area contributed by atoms with Gasteiger partial charge >= 0.3 is 5.97 Å². The van der Waals surface area contributed by atoms with E-state index in [0.29, 0.717) is 28.1 Å². The minimum absolute atomic E-state index is 0.000197. The Labute approximate surface area is 160 Å². The van der Waals surface area contributed by atoms with Crippen LogP contribution in [0.4, 0.5) is 10.1 Å². The van der Waals surface area contributed by atoms with Gasteiger partial charge in [-0.15, -0.1) is 0 Å². The van der Waals surface area contributed by atoms with E-state index in [4.69, 9.17) is 4.74 Å². The summed E-state index contributed by atoms with van der Waals surface area (Å²) >= 11 is 0. The van der Waals surface area contributed by atoms with E-state index in [1.807, 2.05) is 0 Å². The van der Waals surface area contributed by atoms with Crippen LogP contribution in [0.15, 0.2) is 36.4 Å². The summed E-state index contributed by atoms with van der Waals surface area (Å²) in [6.45, 7) is 3.54. The van der Waals surface area contributed by atoms with E-state index in [2.05, 4.69) is 15.3 Å². The molecule has 0 aliphatic heterocycles. The lowest BCUT2D eigenvalue weighted by Crippen LogP contribution is -2.13. The Bertz CT molecular complexity index is 1090. The second kappa shape index (κ2) is 6.99. The molecule has 3 aromatic rings. The van der Waals surface area contributed by atoms with Crippen LogP contribution in [0.1, 0.15) is 34.6 Å². The highest BCUT2D eigenvalue weighted by molar-refractivity contribution is 6.02. The number of fused-ring (bicyclic) bond motifs is 1. The number of nitrogens with one attached hydrogen (secondary N) is 1. The maximum absolute atomic E-state index is 14.0. The minimum Gasteiger partial charge on any atom is -0.423 e. The predicted octanol–water partition coefficient (Wildman–Crippen LogP) is 3.95. The highest BCUT2D eigenvalue weighted by atomic mass is 19.1. The summed E-state index contributed by atoms with van der Waals surface area (Å²) in [5.74, 6) is -0.928. The zero-order valence-electron chi connectivity index (χ0n) is 15.5. The number of ether oxygens (including phenoxy) is 1. The van der Waals surface area contributed by atoms with Crippen LogP contribution < -0.4 is 10.1 Å². The fourth-order valence-corrected chi connectivity index (χ4v) is 2.81. The van der Waals surface area contributed by atoms with Crippen LogP contribution in [0.3, 0.4) is 0 Å². The van der Waals surface area contributed by atoms with Gasteiger partial charge in [-0.25, -0.2) is 19.2 Å². The molecule has 0 spiro atoms. The number of esters is 1. The highest BCUT2D eigenvalue weighted by Gasteiger charge is 2.29. The molecule has 1 aromatic heterocycles. The van der Waals surface area contributed by atoms with Crippen molar-refractivity contribution in [1.29, 1.82) is 0 Å². The average molecular weight is 379 g/mol. The van der Waals surface area contributed by atoms with E-state index in [1.54, 1.807) is 38.1 Å². The van der Waals surface area contributed by atoms with E-state index in [0.717, 1.165) is 18.9 Å². The third-order valence-electron chi connectivity index (χ3n) is 4.65. The fraction of sp³-hybridized carbons (Fsp3) is 0.238. The number of rotatable bonds is 4. The highest BCUT2D eigenvalue weighted by Crippen LogP contribution is 2.30. The Kier molecular flexibility index (Phi) is 4.50. The van der Waals surface area contributed by atoms with Crippen LogP contribution in [0.25, 0.3) is 11.0 Å². The van der Waals surface area contributed by atoms with Gasteiger partial charge < -0.3 is 10.1 Å². The van der Waals surface area contributed by atoms with Crippen LogP contribution in [-0.4, -0.2) is 21.8 Å². The van der Waals surface area contributed by atoms with Crippen LogP contribution in [0, 0.1) is 25.6 Å². The molecule has 1 aliphatic rings. The molecule has 1 aliphatic carbocycles. The number of halogens is 1. The van der Waals surface area contributed by atoms with E-state index in [9.17, 15) is 14.0 Å². The van der Waals surface area contributed by atoms with Gasteiger partial charge in [-0.1, -0.05) is 0 Å². The molecule has 1 fully saturated rings. The number of amides is 1. The summed E-state index contributed by atoms with van der Waals surface area (Å²) in [7, 11) is 0. The van der Waals surface area contributed by atoms with Crippen molar-refractivity contribution < 1.29 is 18.7 Å². The van der Waals surface area contributed by atoms with Gasteiger partial charge in [0.15, 0.2) is 0 Å². The fourth-order valence-electron chi connectivity index (χ4n) is 2.81. The standard InChI is InChI=1S/C21H18FN3O3/c1-11-12(2)24-19-17(9-14(22)10-18(19)23-11)21(27)28-16-7-5-15(6-8-16)25-20(26)13-3-4-13/h5-10,13H,3-4H2,1-2H3,(H,25,26). The molecule has 2 aromatic carbocycles. The van der Waals surface area contributed by atoms with Crippen LogP contribution in [0.2, 0.25) is 0 Å². The summed E-state index contributed by atoms with van der Waals surface area (Å²) in [4.78, 5) is 33.1.